The third-order valence-corrected chi connectivity index (χ3v) is 8.88. The maximum Gasteiger partial charge on any atom is 0.253 e. The predicted octanol–water partition coefficient (Wildman–Crippen LogP) is 7.02. The summed E-state index contributed by atoms with van der Waals surface area (Å²) in [7, 11) is 3.53. The number of thiazole rings is 1. The van der Waals surface area contributed by atoms with Crippen molar-refractivity contribution in [1.82, 2.24) is 15.0 Å². The van der Waals surface area contributed by atoms with Gasteiger partial charge in [0.15, 0.2) is 5.13 Å². The summed E-state index contributed by atoms with van der Waals surface area (Å²) < 4.78 is 13.2. The van der Waals surface area contributed by atoms with Gasteiger partial charge >= 0.3 is 0 Å². The predicted molar refractivity (Wildman–Crippen MR) is 152 cm³/mol. The number of hydrogen-bond donors (Lipinski definition) is 0. The van der Waals surface area contributed by atoms with E-state index < -0.39 is 0 Å². The summed E-state index contributed by atoms with van der Waals surface area (Å²) in [6.07, 6.45) is 4.12. The molecule has 2 fully saturated rings. The molecular formula is C28H28Cl2N4O3S. The fourth-order valence-electron chi connectivity index (χ4n) is 4.90. The Balaban J connectivity index is 1.13. The highest BCUT2D eigenvalue weighted by atomic mass is 35.5. The lowest BCUT2D eigenvalue weighted by molar-refractivity contribution is 0.0246. The standard InChI is InChI=1S/C28H28Cl2N4O3S/c1-33(2)27(35)17-8-9-22-23(14-17)38-28(31-22)34-12-10-18(11-13-34)36-15-19-25(32-37-26(19)16-6-7-16)24-20(29)4-3-5-21(24)30/h3-5,8-9,14,16,18H,6-7,10-13,15H2,1-2H3. The number of hydrogen-bond acceptors (Lipinski definition) is 7. The van der Waals surface area contributed by atoms with Crippen LogP contribution in [0.25, 0.3) is 21.5 Å². The Bertz CT molecular complexity index is 1470. The molecule has 1 aliphatic carbocycles. The van der Waals surface area contributed by atoms with Crippen LogP contribution in [-0.4, -0.2) is 54.2 Å². The van der Waals surface area contributed by atoms with E-state index >= 15 is 0 Å². The monoisotopic (exact) mass is 570 g/mol. The summed E-state index contributed by atoms with van der Waals surface area (Å²) in [6, 6.07) is 11.2. The lowest BCUT2D eigenvalue weighted by Gasteiger charge is -2.31. The topological polar surface area (TPSA) is 71.7 Å². The Hall–Kier alpha value is -2.65. The molecule has 1 amide bonds. The third-order valence-electron chi connectivity index (χ3n) is 7.17. The summed E-state index contributed by atoms with van der Waals surface area (Å²) in [4.78, 5) is 21.1. The number of piperidine rings is 1. The van der Waals surface area contributed by atoms with Crippen molar-refractivity contribution in [1.29, 1.82) is 0 Å². The van der Waals surface area contributed by atoms with Crippen LogP contribution in [0.2, 0.25) is 10.0 Å². The van der Waals surface area contributed by atoms with Gasteiger partial charge in [-0.15, -0.1) is 0 Å². The van der Waals surface area contributed by atoms with E-state index in [1.54, 1.807) is 30.3 Å². The van der Waals surface area contributed by atoms with Gasteiger partial charge in [0.25, 0.3) is 5.91 Å². The highest BCUT2D eigenvalue weighted by molar-refractivity contribution is 7.22. The molecule has 38 heavy (non-hydrogen) atoms. The van der Waals surface area contributed by atoms with Crippen LogP contribution in [0.4, 0.5) is 5.13 Å². The summed E-state index contributed by atoms with van der Waals surface area (Å²) in [5.74, 6) is 1.29. The first-order valence-electron chi connectivity index (χ1n) is 12.8. The molecule has 10 heteroatoms. The van der Waals surface area contributed by atoms with Gasteiger partial charge in [0.1, 0.15) is 11.5 Å². The van der Waals surface area contributed by atoms with E-state index in [4.69, 9.17) is 37.4 Å². The first kappa shape index (κ1) is 25.6. The van der Waals surface area contributed by atoms with E-state index in [1.807, 2.05) is 36.4 Å². The van der Waals surface area contributed by atoms with Crippen LogP contribution in [-0.2, 0) is 11.3 Å². The number of benzene rings is 2. The Morgan fingerprint density at radius 1 is 1.13 bits per heavy atom. The number of halogens is 2. The van der Waals surface area contributed by atoms with Gasteiger partial charge in [0, 0.05) is 49.8 Å². The molecule has 1 saturated carbocycles. The van der Waals surface area contributed by atoms with Crippen molar-refractivity contribution < 1.29 is 14.1 Å². The first-order chi connectivity index (χ1) is 18.4. The highest BCUT2D eigenvalue weighted by Gasteiger charge is 2.34. The summed E-state index contributed by atoms with van der Waals surface area (Å²) in [5.41, 5.74) is 3.94. The third kappa shape index (κ3) is 5.02. The van der Waals surface area contributed by atoms with Gasteiger partial charge < -0.3 is 19.1 Å². The molecule has 2 aromatic carbocycles. The molecule has 3 heterocycles. The second kappa shape index (κ2) is 10.5. The van der Waals surface area contributed by atoms with E-state index in [0.29, 0.717) is 39.4 Å². The molecule has 7 nitrogen and oxygen atoms in total. The van der Waals surface area contributed by atoms with Crippen molar-refractivity contribution in [2.75, 3.05) is 32.1 Å². The number of aromatic nitrogens is 2. The quantitative estimate of drug-likeness (QED) is 0.237. The van der Waals surface area contributed by atoms with Gasteiger partial charge in [-0.05, 0) is 56.0 Å². The fourth-order valence-corrected chi connectivity index (χ4v) is 6.54. The van der Waals surface area contributed by atoms with E-state index in [-0.39, 0.29) is 12.0 Å². The van der Waals surface area contributed by atoms with Gasteiger partial charge in [-0.25, -0.2) is 4.98 Å². The van der Waals surface area contributed by atoms with Gasteiger partial charge in [-0.2, -0.15) is 0 Å². The Morgan fingerprint density at radius 3 is 2.55 bits per heavy atom. The second-order valence-electron chi connectivity index (χ2n) is 10.1. The zero-order chi connectivity index (χ0) is 26.4. The van der Waals surface area contributed by atoms with Crippen LogP contribution in [0.1, 0.15) is 53.3 Å². The van der Waals surface area contributed by atoms with Crippen LogP contribution < -0.4 is 4.90 Å². The zero-order valence-electron chi connectivity index (χ0n) is 21.2. The molecule has 198 valence electrons. The van der Waals surface area contributed by atoms with Crippen LogP contribution in [0.5, 0.6) is 0 Å². The smallest absolute Gasteiger partial charge is 0.253 e. The summed E-state index contributed by atoms with van der Waals surface area (Å²) in [5, 5.41) is 6.46. The van der Waals surface area contributed by atoms with Crippen molar-refractivity contribution in [3.8, 4) is 11.3 Å². The normalized spacial score (nSPS) is 16.4. The van der Waals surface area contributed by atoms with Gasteiger partial charge in [0.05, 0.1) is 33.0 Å². The molecule has 0 atom stereocenters. The van der Waals surface area contributed by atoms with Crippen molar-refractivity contribution in [3.05, 3.63) is 63.3 Å². The Kier molecular flexibility index (Phi) is 7.07. The number of nitrogens with zero attached hydrogens (tertiary/aromatic N) is 4. The molecule has 0 bridgehead atoms. The van der Waals surface area contributed by atoms with Crippen molar-refractivity contribution in [2.24, 2.45) is 0 Å². The lowest BCUT2D eigenvalue weighted by atomic mass is 10.0. The van der Waals surface area contributed by atoms with Crippen LogP contribution in [0, 0.1) is 0 Å². The first-order valence-corrected chi connectivity index (χ1v) is 14.4. The SMILES string of the molecule is CN(C)C(=O)c1ccc2nc(N3CCC(OCc4c(-c5c(Cl)cccc5Cl)noc4C4CC4)CC3)sc2c1. The highest BCUT2D eigenvalue weighted by Crippen LogP contribution is 2.46. The maximum absolute atomic E-state index is 12.3. The number of anilines is 1. The van der Waals surface area contributed by atoms with Crippen molar-refractivity contribution in [2.45, 2.75) is 44.3 Å². The molecule has 4 aromatic rings. The zero-order valence-corrected chi connectivity index (χ0v) is 23.6. The minimum absolute atomic E-state index is 0.00237. The molecule has 0 unspecified atom stereocenters. The molecule has 2 aliphatic rings. The van der Waals surface area contributed by atoms with Crippen LogP contribution >= 0.6 is 34.5 Å². The number of ether oxygens (including phenoxy) is 1. The molecule has 0 N–H and O–H groups in total. The molecular weight excluding hydrogens is 543 g/mol. The van der Waals surface area contributed by atoms with E-state index in [2.05, 4.69) is 10.1 Å². The van der Waals surface area contributed by atoms with E-state index in [1.165, 1.54) is 0 Å². The minimum atomic E-state index is -0.00237. The van der Waals surface area contributed by atoms with Crippen LogP contribution in [0.15, 0.2) is 40.9 Å². The fraction of sp³-hybridized carbons (Fsp3) is 0.393. The molecule has 0 spiro atoms. The van der Waals surface area contributed by atoms with Crippen molar-refractivity contribution >= 4 is 55.8 Å². The Labute approximate surface area is 235 Å². The number of fused-ring (bicyclic) bond motifs is 1. The van der Waals surface area contributed by atoms with Gasteiger partial charge in [-0.1, -0.05) is 45.8 Å². The number of amides is 1. The molecule has 1 saturated heterocycles. The average Bonchev–Trinajstić information content (AvgIpc) is 3.53. The van der Waals surface area contributed by atoms with Gasteiger partial charge in [-0.3, -0.25) is 4.79 Å². The second-order valence-corrected chi connectivity index (χ2v) is 11.9. The maximum atomic E-state index is 12.3. The van der Waals surface area contributed by atoms with E-state index in [0.717, 1.165) is 65.4 Å². The molecule has 2 aromatic heterocycles. The van der Waals surface area contributed by atoms with E-state index in [9.17, 15) is 4.79 Å². The van der Waals surface area contributed by atoms with Gasteiger partial charge in [0.2, 0.25) is 0 Å². The van der Waals surface area contributed by atoms with Crippen LogP contribution in [0.3, 0.4) is 0 Å². The Morgan fingerprint density at radius 2 is 1.87 bits per heavy atom. The molecule has 6 rings (SSSR count). The summed E-state index contributed by atoms with van der Waals surface area (Å²) >= 11 is 14.6. The largest absolute Gasteiger partial charge is 0.373 e. The lowest BCUT2D eigenvalue weighted by Crippen LogP contribution is -2.36. The molecule has 1 aliphatic heterocycles. The number of carbonyl (C=O) groups excluding carboxylic acids is 1. The minimum Gasteiger partial charge on any atom is -0.373 e. The van der Waals surface area contributed by atoms with Crippen molar-refractivity contribution in [3.63, 3.8) is 0 Å². The summed E-state index contributed by atoms with van der Waals surface area (Å²) in [6.45, 7) is 2.13. The number of carbonyl (C=O) groups is 1. The average molecular weight is 572 g/mol. The molecule has 0 radical (unpaired) electrons. The number of rotatable bonds is 7.